The van der Waals surface area contributed by atoms with Crippen molar-refractivity contribution in [2.75, 3.05) is 19.7 Å². The van der Waals surface area contributed by atoms with Crippen molar-refractivity contribution in [1.29, 1.82) is 0 Å². The Labute approximate surface area is 253 Å². The molecule has 0 aliphatic carbocycles. The highest BCUT2D eigenvalue weighted by atomic mass is 79.9. The quantitative estimate of drug-likeness (QED) is 0.243. The van der Waals surface area contributed by atoms with Crippen LogP contribution in [-0.2, 0) is 29.2 Å². The summed E-state index contributed by atoms with van der Waals surface area (Å²) in [5, 5.41) is -0.458. The van der Waals surface area contributed by atoms with Gasteiger partial charge in [-0.15, -0.1) is 0 Å². The summed E-state index contributed by atoms with van der Waals surface area (Å²) in [6.07, 6.45) is 2.39. The summed E-state index contributed by atoms with van der Waals surface area (Å²) in [5.74, 6) is 0.334. The van der Waals surface area contributed by atoms with Crippen LogP contribution in [-0.4, -0.2) is 46.5 Å². The zero-order valence-electron chi connectivity index (χ0n) is 21.7. The van der Waals surface area contributed by atoms with Crippen molar-refractivity contribution < 1.29 is 23.9 Å². The highest BCUT2D eigenvalue weighted by Gasteiger charge is 2.37. The van der Waals surface area contributed by atoms with Gasteiger partial charge in [-0.25, -0.2) is 0 Å². The Balaban J connectivity index is 1.29. The molecule has 10 heteroatoms. The molecule has 7 nitrogen and oxygen atoms in total. The molecule has 0 unspecified atom stereocenters. The molecule has 5 rings (SSSR count). The van der Waals surface area contributed by atoms with E-state index in [0.29, 0.717) is 47.8 Å². The number of carbonyl (C=O) groups is 3. The molecule has 0 bridgehead atoms. The van der Waals surface area contributed by atoms with E-state index in [4.69, 9.17) is 9.47 Å². The Hall–Kier alpha value is -3.08. The monoisotopic (exact) mass is 684 g/mol. The number of hydrogen-bond donors (Lipinski definition) is 0. The molecule has 0 aromatic heterocycles. The lowest BCUT2D eigenvalue weighted by atomic mass is 10.00. The molecular weight excluding hydrogens is 660 g/mol. The number of benzene rings is 3. The van der Waals surface area contributed by atoms with Crippen molar-refractivity contribution in [2.24, 2.45) is 0 Å². The van der Waals surface area contributed by atoms with E-state index in [9.17, 15) is 14.4 Å². The molecule has 40 heavy (non-hydrogen) atoms. The molecule has 1 saturated heterocycles. The third kappa shape index (κ3) is 6.45. The number of amides is 3. The number of rotatable bonds is 8. The highest BCUT2D eigenvalue weighted by molar-refractivity contribution is 9.10. The summed E-state index contributed by atoms with van der Waals surface area (Å²) in [6.45, 7) is 3.41. The van der Waals surface area contributed by atoms with Gasteiger partial charge in [0.15, 0.2) is 11.5 Å². The van der Waals surface area contributed by atoms with Gasteiger partial charge in [-0.1, -0.05) is 52.3 Å². The van der Waals surface area contributed by atoms with Crippen LogP contribution in [0.15, 0.2) is 74.5 Å². The number of fused-ring (bicyclic) bond motifs is 1. The summed E-state index contributed by atoms with van der Waals surface area (Å²) in [7, 11) is 0. The fourth-order valence-corrected chi connectivity index (χ4v) is 6.22. The van der Waals surface area contributed by atoms with Crippen LogP contribution in [0.4, 0.5) is 4.79 Å². The van der Waals surface area contributed by atoms with Crippen molar-refractivity contribution >= 4 is 66.8 Å². The zero-order valence-corrected chi connectivity index (χ0v) is 25.7. The number of carbonyl (C=O) groups excluding carboxylic acids is 3. The lowest BCUT2D eigenvalue weighted by molar-refractivity contribution is -0.136. The van der Waals surface area contributed by atoms with Crippen LogP contribution in [0.1, 0.15) is 29.2 Å². The zero-order chi connectivity index (χ0) is 28.2. The Morgan fingerprint density at radius 1 is 1.02 bits per heavy atom. The maximum Gasteiger partial charge on any atom is 0.294 e. The molecule has 206 valence electrons. The molecule has 0 N–H and O–H groups in total. The first-order valence-electron chi connectivity index (χ1n) is 12.8. The van der Waals surface area contributed by atoms with Gasteiger partial charge in [-0.05, 0) is 93.6 Å². The van der Waals surface area contributed by atoms with Crippen molar-refractivity contribution in [2.45, 2.75) is 26.5 Å². The van der Waals surface area contributed by atoms with Crippen LogP contribution in [0.25, 0.3) is 6.08 Å². The SMILES string of the molecule is CCOc1cc(/C=C2\SC(=O)N(CC(=O)N3CCc4ccccc4C3)C2=O)cc(Br)c1OCc1ccc(Br)cc1. The molecule has 3 amide bonds. The number of nitrogens with zero attached hydrogens (tertiary/aromatic N) is 2. The highest BCUT2D eigenvalue weighted by Crippen LogP contribution is 2.40. The Morgan fingerprint density at radius 2 is 1.77 bits per heavy atom. The molecule has 3 aromatic rings. The minimum Gasteiger partial charge on any atom is -0.490 e. The van der Waals surface area contributed by atoms with Crippen LogP contribution < -0.4 is 9.47 Å². The van der Waals surface area contributed by atoms with Gasteiger partial charge in [-0.2, -0.15) is 0 Å². The number of ether oxygens (including phenoxy) is 2. The third-order valence-corrected chi connectivity index (χ3v) is 8.60. The maximum absolute atomic E-state index is 13.2. The van der Waals surface area contributed by atoms with Gasteiger partial charge in [-0.3, -0.25) is 19.3 Å². The largest absolute Gasteiger partial charge is 0.490 e. The molecule has 1 fully saturated rings. The summed E-state index contributed by atoms with van der Waals surface area (Å²) >= 11 is 7.83. The third-order valence-electron chi connectivity index (χ3n) is 6.58. The van der Waals surface area contributed by atoms with Gasteiger partial charge < -0.3 is 14.4 Å². The minimum atomic E-state index is -0.481. The summed E-state index contributed by atoms with van der Waals surface area (Å²) in [5.41, 5.74) is 3.98. The van der Waals surface area contributed by atoms with E-state index in [0.717, 1.165) is 38.7 Å². The average Bonchev–Trinajstić information content (AvgIpc) is 3.20. The topological polar surface area (TPSA) is 76.2 Å². The van der Waals surface area contributed by atoms with Crippen LogP contribution >= 0.6 is 43.6 Å². The average molecular weight is 686 g/mol. The van der Waals surface area contributed by atoms with E-state index in [1.807, 2.05) is 55.5 Å². The lowest BCUT2D eigenvalue weighted by Crippen LogP contribution is -2.44. The number of halogens is 2. The molecule has 0 atom stereocenters. The second-order valence-electron chi connectivity index (χ2n) is 9.28. The standard InChI is InChI=1S/C30H26Br2N2O5S/c1-2-38-25-14-20(13-24(32)28(25)39-18-19-7-9-23(31)10-8-19)15-26-29(36)34(30(37)40-26)17-27(35)33-12-11-21-5-3-4-6-22(21)16-33/h3-10,13-15H,2,11-12,16-18H2,1H3/b26-15-. The summed E-state index contributed by atoms with van der Waals surface area (Å²) in [4.78, 5) is 41.9. The van der Waals surface area contributed by atoms with Crippen molar-refractivity contribution in [1.82, 2.24) is 9.80 Å². The summed E-state index contributed by atoms with van der Waals surface area (Å²) < 4.78 is 13.5. The van der Waals surface area contributed by atoms with Gasteiger partial charge >= 0.3 is 0 Å². The lowest BCUT2D eigenvalue weighted by Gasteiger charge is -2.29. The van der Waals surface area contributed by atoms with Gasteiger partial charge in [0.25, 0.3) is 11.1 Å². The minimum absolute atomic E-state index is 0.244. The van der Waals surface area contributed by atoms with Crippen molar-refractivity contribution in [3.63, 3.8) is 0 Å². The fourth-order valence-electron chi connectivity index (χ4n) is 4.54. The normalized spacial score (nSPS) is 15.9. The molecule has 2 heterocycles. The first-order chi connectivity index (χ1) is 19.3. The molecule has 0 radical (unpaired) electrons. The predicted octanol–water partition coefficient (Wildman–Crippen LogP) is 6.81. The van der Waals surface area contributed by atoms with E-state index in [1.165, 1.54) is 5.56 Å². The Bertz CT molecular complexity index is 1490. The first kappa shape index (κ1) is 28.4. The molecule has 0 spiro atoms. The van der Waals surface area contributed by atoms with Gasteiger partial charge in [0, 0.05) is 17.6 Å². The molecule has 2 aliphatic rings. The van der Waals surface area contributed by atoms with Crippen LogP contribution in [0.3, 0.4) is 0 Å². The molecular formula is C30H26Br2N2O5S. The van der Waals surface area contributed by atoms with Crippen LogP contribution in [0, 0.1) is 0 Å². The van der Waals surface area contributed by atoms with Crippen LogP contribution in [0.2, 0.25) is 0 Å². The fraction of sp³-hybridized carbons (Fsp3) is 0.233. The van der Waals surface area contributed by atoms with E-state index in [2.05, 4.69) is 37.9 Å². The van der Waals surface area contributed by atoms with Crippen LogP contribution in [0.5, 0.6) is 11.5 Å². The Morgan fingerprint density at radius 3 is 2.52 bits per heavy atom. The van der Waals surface area contributed by atoms with E-state index >= 15 is 0 Å². The van der Waals surface area contributed by atoms with E-state index in [1.54, 1.807) is 17.0 Å². The van der Waals surface area contributed by atoms with Gasteiger partial charge in [0.2, 0.25) is 5.91 Å². The second-order valence-corrected chi connectivity index (χ2v) is 12.0. The number of hydrogen-bond acceptors (Lipinski definition) is 6. The smallest absolute Gasteiger partial charge is 0.294 e. The van der Waals surface area contributed by atoms with Gasteiger partial charge in [0.1, 0.15) is 13.2 Å². The maximum atomic E-state index is 13.2. The van der Waals surface area contributed by atoms with E-state index in [-0.39, 0.29) is 17.4 Å². The predicted molar refractivity (Wildman–Crippen MR) is 162 cm³/mol. The number of imide groups is 1. The van der Waals surface area contributed by atoms with E-state index < -0.39 is 11.1 Å². The van der Waals surface area contributed by atoms with Gasteiger partial charge in [0.05, 0.1) is 16.0 Å². The summed E-state index contributed by atoms with van der Waals surface area (Å²) in [6, 6.07) is 19.4. The molecule has 0 saturated carbocycles. The van der Waals surface area contributed by atoms with Crippen molar-refractivity contribution in [3.05, 3.63) is 96.8 Å². The molecule has 3 aromatic carbocycles. The van der Waals surface area contributed by atoms with Crippen molar-refractivity contribution in [3.8, 4) is 11.5 Å². The first-order valence-corrected chi connectivity index (χ1v) is 15.2. The number of thioether (sulfide) groups is 1. The Kier molecular flexibility index (Phi) is 8.97. The second kappa shape index (κ2) is 12.6. The molecule has 2 aliphatic heterocycles.